The fraction of sp³-hybridized carbons (Fsp3) is 0.571. The third-order valence-electron chi connectivity index (χ3n) is 3.75. The molecule has 5 heteroatoms. The average molecular weight is 266 g/mol. The van der Waals surface area contributed by atoms with Crippen molar-refractivity contribution in [3.8, 4) is 0 Å². The minimum absolute atomic E-state index is 0.330. The predicted molar refractivity (Wildman–Crippen MR) is 66.3 cm³/mol. The molecule has 0 radical (unpaired) electrons. The molecule has 2 fully saturated rings. The van der Waals surface area contributed by atoms with Crippen LogP contribution < -0.4 is 0 Å². The van der Waals surface area contributed by atoms with E-state index < -0.39 is 24.1 Å². The number of benzene rings is 1. The van der Waals surface area contributed by atoms with Crippen molar-refractivity contribution < 1.29 is 24.4 Å². The van der Waals surface area contributed by atoms with Crippen molar-refractivity contribution in [2.24, 2.45) is 0 Å². The van der Waals surface area contributed by atoms with E-state index in [-0.39, 0.29) is 6.10 Å². The highest BCUT2D eigenvalue weighted by atomic mass is 16.7. The molecule has 0 amide bonds. The van der Waals surface area contributed by atoms with Gasteiger partial charge in [-0.1, -0.05) is 30.3 Å². The Labute approximate surface area is 111 Å². The maximum Gasteiger partial charge on any atom is 0.189 e. The highest BCUT2D eigenvalue weighted by molar-refractivity contribution is 5.13. The van der Waals surface area contributed by atoms with E-state index in [9.17, 15) is 10.2 Å². The SMILES string of the molecule is C[C@]1(O)[C@@H]2OC[C@@H](O2)[C@@H](OCc2ccccc2)[C@@H]1O. The summed E-state index contributed by atoms with van der Waals surface area (Å²) >= 11 is 0. The molecular formula is C14H18O5. The lowest BCUT2D eigenvalue weighted by Crippen LogP contribution is -2.62. The second-order valence-electron chi connectivity index (χ2n) is 5.27. The second kappa shape index (κ2) is 4.85. The van der Waals surface area contributed by atoms with E-state index in [1.54, 1.807) is 0 Å². The van der Waals surface area contributed by atoms with Gasteiger partial charge in [0.15, 0.2) is 6.29 Å². The first-order chi connectivity index (χ1) is 9.09. The molecule has 2 saturated heterocycles. The predicted octanol–water partition coefficient (Wildman–Crippen LogP) is 0.439. The number of rotatable bonds is 3. The molecule has 0 aromatic heterocycles. The van der Waals surface area contributed by atoms with Crippen LogP contribution in [0.2, 0.25) is 0 Å². The quantitative estimate of drug-likeness (QED) is 0.831. The monoisotopic (exact) mass is 266 g/mol. The van der Waals surface area contributed by atoms with Gasteiger partial charge in [-0.25, -0.2) is 0 Å². The van der Waals surface area contributed by atoms with Crippen molar-refractivity contribution in [3.05, 3.63) is 35.9 Å². The van der Waals surface area contributed by atoms with Crippen LogP contribution in [-0.2, 0) is 20.8 Å². The largest absolute Gasteiger partial charge is 0.387 e. The summed E-state index contributed by atoms with van der Waals surface area (Å²) in [4.78, 5) is 0. The van der Waals surface area contributed by atoms with Gasteiger partial charge in [0.05, 0.1) is 13.2 Å². The van der Waals surface area contributed by atoms with Crippen LogP contribution in [0.4, 0.5) is 0 Å². The summed E-state index contributed by atoms with van der Waals surface area (Å²) in [5.41, 5.74) is -0.440. The van der Waals surface area contributed by atoms with E-state index in [0.29, 0.717) is 13.2 Å². The Hall–Kier alpha value is -0.980. The van der Waals surface area contributed by atoms with Crippen molar-refractivity contribution >= 4 is 0 Å². The molecule has 1 aromatic rings. The normalized spacial score (nSPS) is 41.4. The smallest absolute Gasteiger partial charge is 0.189 e. The summed E-state index contributed by atoms with van der Waals surface area (Å²) < 4.78 is 16.6. The second-order valence-corrected chi connectivity index (χ2v) is 5.27. The van der Waals surface area contributed by atoms with Crippen LogP contribution in [0.15, 0.2) is 30.3 Å². The van der Waals surface area contributed by atoms with E-state index >= 15 is 0 Å². The maximum atomic E-state index is 10.2. The molecule has 0 spiro atoms. The number of fused-ring (bicyclic) bond motifs is 2. The number of hydrogen-bond acceptors (Lipinski definition) is 5. The number of aliphatic hydroxyl groups is 2. The van der Waals surface area contributed by atoms with Gasteiger partial charge >= 0.3 is 0 Å². The third-order valence-corrected chi connectivity index (χ3v) is 3.75. The Morgan fingerprint density at radius 1 is 1.37 bits per heavy atom. The molecule has 0 saturated carbocycles. The highest BCUT2D eigenvalue weighted by Gasteiger charge is 2.57. The molecule has 3 rings (SSSR count). The maximum absolute atomic E-state index is 10.2. The summed E-state index contributed by atoms with van der Waals surface area (Å²) in [7, 11) is 0. The van der Waals surface area contributed by atoms with Crippen molar-refractivity contribution in [1.82, 2.24) is 0 Å². The first-order valence-electron chi connectivity index (χ1n) is 6.42. The molecule has 0 aliphatic carbocycles. The van der Waals surface area contributed by atoms with E-state index in [1.807, 2.05) is 30.3 Å². The summed E-state index contributed by atoms with van der Waals surface area (Å²) in [5, 5.41) is 20.4. The van der Waals surface area contributed by atoms with E-state index in [0.717, 1.165) is 5.56 Å². The van der Waals surface area contributed by atoms with Crippen LogP contribution in [0.1, 0.15) is 12.5 Å². The molecule has 5 atom stereocenters. The van der Waals surface area contributed by atoms with Gasteiger partial charge in [-0.3, -0.25) is 0 Å². The van der Waals surface area contributed by atoms with Gasteiger partial charge < -0.3 is 24.4 Å². The van der Waals surface area contributed by atoms with Gasteiger partial charge in [-0.15, -0.1) is 0 Å². The zero-order valence-corrected chi connectivity index (χ0v) is 10.7. The van der Waals surface area contributed by atoms with Crippen molar-refractivity contribution in [2.45, 2.75) is 43.7 Å². The first-order valence-corrected chi connectivity index (χ1v) is 6.42. The lowest BCUT2D eigenvalue weighted by atomic mass is 9.89. The minimum Gasteiger partial charge on any atom is -0.387 e. The lowest BCUT2D eigenvalue weighted by Gasteiger charge is -2.42. The van der Waals surface area contributed by atoms with Gasteiger partial charge in [-0.05, 0) is 12.5 Å². The molecule has 1 aromatic carbocycles. The van der Waals surface area contributed by atoms with Gasteiger partial charge in [-0.2, -0.15) is 0 Å². The fourth-order valence-electron chi connectivity index (χ4n) is 2.54. The van der Waals surface area contributed by atoms with Crippen LogP contribution in [0.3, 0.4) is 0 Å². The Bertz CT molecular complexity index is 433. The van der Waals surface area contributed by atoms with Gasteiger partial charge in [0, 0.05) is 0 Å². The summed E-state index contributed by atoms with van der Waals surface area (Å²) in [6, 6.07) is 9.68. The van der Waals surface area contributed by atoms with E-state index in [4.69, 9.17) is 14.2 Å². The van der Waals surface area contributed by atoms with E-state index in [2.05, 4.69) is 0 Å². The fourth-order valence-corrected chi connectivity index (χ4v) is 2.54. The van der Waals surface area contributed by atoms with Crippen LogP contribution in [-0.4, -0.2) is 47.0 Å². The Morgan fingerprint density at radius 3 is 2.84 bits per heavy atom. The Balaban J connectivity index is 1.70. The molecule has 2 bridgehead atoms. The molecule has 104 valence electrons. The summed E-state index contributed by atoms with van der Waals surface area (Å²) in [6.07, 6.45) is -2.72. The Morgan fingerprint density at radius 2 is 2.11 bits per heavy atom. The molecule has 2 aliphatic heterocycles. The average Bonchev–Trinajstić information content (AvgIpc) is 2.87. The summed E-state index contributed by atoms with van der Waals surface area (Å²) in [5.74, 6) is 0. The molecule has 2 N–H and O–H groups in total. The summed E-state index contributed by atoms with van der Waals surface area (Å²) in [6.45, 7) is 2.20. The zero-order chi connectivity index (χ0) is 13.5. The van der Waals surface area contributed by atoms with Crippen molar-refractivity contribution in [1.29, 1.82) is 0 Å². The minimum atomic E-state index is -1.45. The van der Waals surface area contributed by atoms with Crippen LogP contribution in [0.5, 0.6) is 0 Å². The van der Waals surface area contributed by atoms with Crippen LogP contribution in [0, 0.1) is 0 Å². The van der Waals surface area contributed by atoms with Crippen LogP contribution >= 0.6 is 0 Å². The standard InChI is InChI=1S/C14H18O5/c1-14(16)12(15)11(10-8-18-13(14)19-10)17-7-9-5-3-2-4-6-9/h2-6,10-13,15-16H,7-8H2,1H3/t10-,11-,12+,13-,14-/m1/s1. The molecule has 5 nitrogen and oxygen atoms in total. The third kappa shape index (κ3) is 2.28. The molecule has 2 aliphatic rings. The topological polar surface area (TPSA) is 68.2 Å². The van der Waals surface area contributed by atoms with Crippen molar-refractivity contribution in [2.75, 3.05) is 6.61 Å². The highest BCUT2D eigenvalue weighted by Crippen LogP contribution is 2.36. The van der Waals surface area contributed by atoms with Crippen molar-refractivity contribution in [3.63, 3.8) is 0 Å². The molecule has 19 heavy (non-hydrogen) atoms. The Kier molecular flexibility index (Phi) is 3.32. The van der Waals surface area contributed by atoms with Gasteiger partial charge in [0.1, 0.15) is 23.9 Å². The number of ether oxygens (including phenoxy) is 3. The van der Waals surface area contributed by atoms with Gasteiger partial charge in [0.2, 0.25) is 0 Å². The molecule has 2 heterocycles. The number of hydrogen-bond donors (Lipinski definition) is 2. The van der Waals surface area contributed by atoms with E-state index in [1.165, 1.54) is 6.92 Å². The number of aliphatic hydroxyl groups excluding tert-OH is 1. The van der Waals surface area contributed by atoms with Gasteiger partial charge in [0.25, 0.3) is 0 Å². The zero-order valence-electron chi connectivity index (χ0n) is 10.7. The molecular weight excluding hydrogens is 248 g/mol. The first kappa shape index (κ1) is 13.0. The molecule has 0 unspecified atom stereocenters. The van der Waals surface area contributed by atoms with Crippen LogP contribution in [0.25, 0.3) is 0 Å². The lowest BCUT2D eigenvalue weighted by molar-refractivity contribution is -0.282.